The highest BCUT2D eigenvalue weighted by Crippen LogP contribution is 2.24. The summed E-state index contributed by atoms with van der Waals surface area (Å²) >= 11 is 6.11. The van der Waals surface area contributed by atoms with Crippen LogP contribution in [0.15, 0.2) is 18.2 Å². The molecule has 1 aromatic carbocycles. The normalized spacial score (nSPS) is 11.2. The molecule has 0 aliphatic heterocycles. The first-order valence-electron chi connectivity index (χ1n) is 6.00. The van der Waals surface area contributed by atoms with Gasteiger partial charge in [0, 0.05) is 18.2 Å². The van der Waals surface area contributed by atoms with Crippen LogP contribution in [-0.4, -0.2) is 22.0 Å². The lowest BCUT2D eigenvalue weighted by molar-refractivity contribution is 0.0956. The molecule has 18 heavy (non-hydrogen) atoms. The Morgan fingerprint density at radius 1 is 1.50 bits per heavy atom. The number of nitrogens with zero attached hydrogens (tertiary/aromatic N) is 2. The monoisotopic (exact) mass is 265 g/mol. The van der Waals surface area contributed by atoms with Gasteiger partial charge in [0.2, 0.25) is 5.28 Å². The highest BCUT2D eigenvalue weighted by Gasteiger charge is 2.13. The zero-order valence-corrected chi connectivity index (χ0v) is 11.5. The van der Waals surface area contributed by atoms with Gasteiger partial charge < -0.3 is 9.88 Å². The quantitative estimate of drug-likeness (QED) is 0.927. The van der Waals surface area contributed by atoms with Crippen LogP contribution in [0.3, 0.4) is 0 Å². The lowest BCUT2D eigenvalue weighted by Crippen LogP contribution is -2.22. The summed E-state index contributed by atoms with van der Waals surface area (Å²) in [5, 5.41) is 3.22. The van der Waals surface area contributed by atoms with Crippen LogP contribution in [0.1, 0.15) is 37.2 Å². The summed E-state index contributed by atoms with van der Waals surface area (Å²) in [7, 11) is 0. The van der Waals surface area contributed by atoms with Crippen LogP contribution in [0.5, 0.6) is 0 Å². The number of carbonyl (C=O) groups is 1. The number of hydrogen-bond donors (Lipinski definition) is 1. The predicted molar refractivity (Wildman–Crippen MR) is 73.1 cm³/mol. The molecule has 0 aliphatic rings. The van der Waals surface area contributed by atoms with E-state index in [1.807, 2.05) is 31.4 Å². The van der Waals surface area contributed by atoms with E-state index in [1.165, 1.54) is 0 Å². The van der Waals surface area contributed by atoms with Crippen molar-refractivity contribution in [2.24, 2.45) is 0 Å². The molecule has 0 saturated heterocycles. The maximum absolute atomic E-state index is 11.7. The van der Waals surface area contributed by atoms with Gasteiger partial charge in [-0.2, -0.15) is 0 Å². The molecular formula is C13H16ClN3O. The van der Waals surface area contributed by atoms with E-state index in [4.69, 9.17) is 11.6 Å². The zero-order chi connectivity index (χ0) is 13.3. The van der Waals surface area contributed by atoms with Crippen molar-refractivity contribution in [2.75, 3.05) is 6.54 Å². The number of carbonyl (C=O) groups excluding carboxylic acids is 1. The van der Waals surface area contributed by atoms with Gasteiger partial charge in [-0.15, -0.1) is 0 Å². The molecule has 1 amide bonds. The summed E-state index contributed by atoms with van der Waals surface area (Å²) in [6.07, 6.45) is 0. The Hall–Kier alpha value is -1.55. The molecule has 0 saturated carbocycles. The summed E-state index contributed by atoms with van der Waals surface area (Å²) in [6, 6.07) is 5.69. The second kappa shape index (κ2) is 4.98. The molecule has 0 fully saturated rings. The van der Waals surface area contributed by atoms with E-state index >= 15 is 0 Å². The van der Waals surface area contributed by atoms with Crippen LogP contribution in [0.2, 0.25) is 5.28 Å². The summed E-state index contributed by atoms with van der Waals surface area (Å²) < 4.78 is 1.94. The minimum absolute atomic E-state index is 0.0883. The third-order valence-electron chi connectivity index (χ3n) is 2.76. The lowest BCUT2D eigenvalue weighted by atomic mass is 10.2. The molecule has 0 atom stereocenters. The first-order chi connectivity index (χ1) is 8.54. The smallest absolute Gasteiger partial charge is 0.251 e. The van der Waals surface area contributed by atoms with Crippen LogP contribution >= 0.6 is 11.6 Å². The number of fused-ring (bicyclic) bond motifs is 1. The van der Waals surface area contributed by atoms with Crippen LogP contribution in [0.25, 0.3) is 11.0 Å². The molecule has 2 rings (SSSR count). The van der Waals surface area contributed by atoms with Gasteiger partial charge in [0.05, 0.1) is 11.0 Å². The van der Waals surface area contributed by atoms with E-state index in [2.05, 4.69) is 10.3 Å². The van der Waals surface area contributed by atoms with Gasteiger partial charge in [0.15, 0.2) is 0 Å². The van der Waals surface area contributed by atoms with E-state index in [1.54, 1.807) is 12.1 Å². The van der Waals surface area contributed by atoms with E-state index < -0.39 is 0 Å². The van der Waals surface area contributed by atoms with Crippen molar-refractivity contribution in [2.45, 2.75) is 26.8 Å². The van der Waals surface area contributed by atoms with Crippen molar-refractivity contribution in [1.82, 2.24) is 14.9 Å². The third-order valence-corrected chi connectivity index (χ3v) is 3.03. The fraction of sp³-hybridized carbons (Fsp3) is 0.385. The average molecular weight is 266 g/mol. The number of nitrogens with one attached hydrogen (secondary N) is 1. The van der Waals surface area contributed by atoms with Crippen LogP contribution in [0, 0.1) is 0 Å². The lowest BCUT2D eigenvalue weighted by Gasteiger charge is -2.09. The average Bonchev–Trinajstić information content (AvgIpc) is 2.63. The summed E-state index contributed by atoms with van der Waals surface area (Å²) in [5.74, 6) is -0.0883. The first-order valence-corrected chi connectivity index (χ1v) is 6.38. The molecule has 0 spiro atoms. The van der Waals surface area contributed by atoms with Crippen LogP contribution in [0.4, 0.5) is 0 Å². The van der Waals surface area contributed by atoms with Crippen LogP contribution in [-0.2, 0) is 0 Å². The van der Waals surface area contributed by atoms with Gasteiger partial charge in [0.1, 0.15) is 0 Å². The Morgan fingerprint density at radius 2 is 2.22 bits per heavy atom. The minimum Gasteiger partial charge on any atom is -0.352 e. The molecular weight excluding hydrogens is 250 g/mol. The Morgan fingerprint density at radius 3 is 2.83 bits per heavy atom. The van der Waals surface area contributed by atoms with Gasteiger partial charge in [0.25, 0.3) is 5.91 Å². The molecule has 4 nitrogen and oxygen atoms in total. The van der Waals surface area contributed by atoms with Gasteiger partial charge in [-0.25, -0.2) is 4.98 Å². The molecule has 1 N–H and O–H groups in total. The summed E-state index contributed by atoms with van der Waals surface area (Å²) in [6.45, 7) is 6.59. The number of benzene rings is 1. The van der Waals surface area contributed by atoms with Crippen molar-refractivity contribution in [1.29, 1.82) is 0 Å². The SMILES string of the molecule is CCNC(=O)c1ccc2c(c1)nc(Cl)n2C(C)C. The fourth-order valence-electron chi connectivity index (χ4n) is 1.96. The number of halogens is 1. The summed E-state index contributed by atoms with van der Waals surface area (Å²) in [4.78, 5) is 16.0. The minimum atomic E-state index is -0.0883. The topological polar surface area (TPSA) is 46.9 Å². The number of hydrogen-bond acceptors (Lipinski definition) is 2. The molecule has 0 aliphatic carbocycles. The molecule has 1 aromatic heterocycles. The number of aromatic nitrogens is 2. The van der Waals surface area contributed by atoms with E-state index in [-0.39, 0.29) is 11.9 Å². The Bertz CT molecular complexity index is 589. The van der Waals surface area contributed by atoms with Crippen molar-refractivity contribution in [3.05, 3.63) is 29.0 Å². The van der Waals surface area contributed by atoms with Gasteiger partial charge in [-0.1, -0.05) is 0 Å². The van der Waals surface area contributed by atoms with E-state index in [0.29, 0.717) is 17.4 Å². The van der Waals surface area contributed by atoms with Gasteiger partial charge in [-0.05, 0) is 50.6 Å². The largest absolute Gasteiger partial charge is 0.352 e. The first kappa shape index (κ1) is 12.9. The number of imidazole rings is 1. The molecule has 96 valence electrons. The molecule has 1 heterocycles. The highest BCUT2D eigenvalue weighted by molar-refractivity contribution is 6.29. The number of rotatable bonds is 3. The van der Waals surface area contributed by atoms with Crippen molar-refractivity contribution in [3.8, 4) is 0 Å². The van der Waals surface area contributed by atoms with Gasteiger partial charge >= 0.3 is 0 Å². The van der Waals surface area contributed by atoms with Crippen molar-refractivity contribution < 1.29 is 4.79 Å². The Balaban J connectivity index is 2.51. The second-order valence-electron chi connectivity index (χ2n) is 4.41. The van der Waals surface area contributed by atoms with Crippen molar-refractivity contribution in [3.63, 3.8) is 0 Å². The maximum atomic E-state index is 11.7. The highest BCUT2D eigenvalue weighted by atomic mass is 35.5. The molecule has 0 radical (unpaired) electrons. The second-order valence-corrected chi connectivity index (χ2v) is 4.75. The molecule has 0 unspecified atom stereocenters. The molecule has 5 heteroatoms. The number of amides is 1. The fourth-order valence-corrected chi connectivity index (χ4v) is 2.34. The van der Waals surface area contributed by atoms with Crippen LogP contribution < -0.4 is 5.32 Å². The molecule has 2 aromatic rings. The van der Waals surface area contributed by atoms with E-state index in [0.717, 1.165) is 11.0 Å². The maximum Gasteiger partial charge on any atom is 0.251 e. The predicted octanol–water partition coefficient (Wildman–Crippen LogP) is 3.02. The third kappa shape index (κ3) is 2.20. The van der Waals surface area contributed by atoms with Crippen molar-refractivity contribution >= 4 is 28.5 Å². The standard InChI is InChI=1S/C13H16ClN3O/c1-4-15-12(18)9-5-6-11-10(7-9)16-13(14)17(11)8(2)3/h5-8H,4H2,1-3H3,(H,15,18). The van der Waals surface area contributed by atoms with Gasteiger partial charge in [-0.3, -0.25) is 4.79 Å². The summed E-state index contributed by atoms with van der Waals surface area (Å²) in [5.41, 5.74) is 2.30. The molecule has 0 bridgehead atoms. The Kier molecular flexibility index (Phi) is 3.57. The Labute approximate surface area is 111 Å². The zero-order valence-electron chi connectivity index (χ0n) is 10.7. The van der Waals surface area contributed by atoms with E-state index in [9.17, 15) is 4.79 Å².